The van der Waals surface area contributed by atoms with Crippen molar-refractivity contribution in [3.8, 4) is 17.2 Å². The molecule has 0 heterocycles. The molecule has 0 radical (unpaired) electrons. The third-order valence-electron chi connectivity index (χ3n) is 7.21. The van der Waals surface area contributed by atoms with Gasteiger partial charge in [0.15, 0.2) is 17.4 Å². The summed E-state index contributed by atoms with van der Waals surface area (Å²) in [5.74, 6) is -2.31. The van der Waals surface area contributed by atoms with Gasteiger partial charge in [0, 0.05) is 42.0 Å². The molecule has 8 nitrogen and oxygen atoms in total. The molecule has 0 aliphatic heterocycles. The lowest BCUT2D eigenvalue weighted by molar-refractivity contribution is -0.121. The van der Waals surface area contributed by atoms with Gasteiger partial charge in [-0.25, -0.2) is 13.6 Å². The molecule has 0 aromatic heterocycles. The number of alkyl halides is 2. The number of halogens is 4. The lowest BCUT2D eigenvalue weighted by Gasteiger charge is -2.19. The first-order valence-corrected chi connectivity index (χ1v) is 15.5. The molecule has 3 aromatic carbocycles. The van der Waals surface area contributed by atoms with Crippen LogP contribution in [0.15, 0.2) is 54.6 Å². The maximum absolute atomic E-state index is 13.3. The first kappa shape index (κ1) is 39.4. The normalized spacial score (nSPS) is 11.3. The van der Waals surface area contributed by atoms with Gasteiger partial charge in [0.1, 0.15) is 35.4 Å². The zero-order chi connectivity index (χ0) is 36.0. The molecule has 48 heavy (non-hydrogen) atoms. The Labute approximate surface area is 277 Å². The van der Waals surface area contributed by atoms with Gasteiger partial charge in [0.05, 0.1) is 5.56 Å². The predicted molar refractivity (Wildman–Crippen MR) is 173 cm³/mol. The van der Waals surface area contributed by atoms with E-state index in [9.17, 15) is 36.7 Å². The molecule has 0 saturated heterocycles. The third kappa shape index (κ3) is 12.5. The van der Waals surface area contributed by atoms with Gasteiger partial charge in [-0.1, -0.05) is 46.8 Å². The minimum Gasteiger partial charge on any atom is -0.457 e. The summed E-state index contributed by atoms with van der Waals surface area (Å²) in [6.07, 6.45) is 1.39. The molecule has 1 amide bonds. The summed E-state index contributed by atoms with van der Waals surface area (Å²) in [6, 6.07) is 12.1. The maximum Gasteiger partial charge on any atom is 0.411 e. The second-order valence-corrected chi connectivity index (χ2v) is 11.2. The van der Waals surface area contributed by atoms with E-state index in [1.807, 2.05) is 13.8 Å². The van der Waals surface area contributed by atoms with Crippen LogP contribution < -0.4 is 14.8 Å². The van der Waals surface area contributed by atoms with Crippen LogP contribution in [-0.2, 0) is 27.4 Å². The number of anilines is 1. The number of nitrogens with one attached hydrogen (secondary N) is 1. The van der Waals surface area contributed by atoms with Crippen LogP contribution in [0, 0.1) is 23.5 Å². The molecule has 12 heteroatoms. The van der Waals surface area contributed by atoms with Crippen LogP contribution in [0.5, 0.6) is 17.2 Å². The summed E-state index contributed by atoms with van der Waals surface area (Å²) >= 11 is 0. The van der Waals surface area contributed by atoms with Crippen molar-refractivity contribution in [3.63, 3.8) is 0 Å². The van der Waals surface area contributed by atoms with Crippen molar-refractivity contribution >= 4 is 29.1 Å². The molecule has 1 N–H and O–H groups in total. The number of carbonyl (C=O) groups excluding carboxylic acids is 4. The monoisotopic (exact) mass is 675 g/mol. The fourth-order valence-electron chi connectivity index (χ4n) is 4.19. The fourth-order valence-corrected chi connectivity index (χ4v) is 4.19. The van der Waals surface area contributed by atoms with E-state index in [-0.39, 0.29) is 45.9 Å². The molecule has 0 aliphatic rings. The van der Waals surface area contributed by atoms with E-state index in [2.05, 4.69) is 5.32 Å². The van der Waals surface area contributed by atoms with Gasteiger partial charge < -0.3 is 14.2 Å². The number of ketones is 3. The Hall–Kier alpha value is -4.74. The Morgan fingerprint density at radius 3 is 2.00 bits per heavy atom. The van der Waals surface area contributed by atoms with E-state index >= 15 is 0 Å². The molecule has 1 unspecified atom stereocenters. The average Bonchev–Trinajstić information content (AvgIpc) is 3.04. The summed E-state index contributed by atoms with van der Waals surface area (Å²) in [6.45, 7) is 6.78. The van der Waals surface area contributed by atoms with Crippen LogP contribution in [-0.4, -0.2) is 30.1 Å². The second-order valence-electron chi connectivity index (χ2n) is 11.2. The number of carbonyl (C=O) groups is 4. The molecule has 0 fully saturated rings. The Bertz CT molecular complexity index is 1560. The number of ether oxygens (including phenoxy) is 3. The number of rotatable bonds is 15. The highest BCUT2D eigenvalue weighted by atomic mass is 19.3. The number of hydrogen-bond donors (Lipinski definition) is 1. The molecule has 1 atom stereocenters. The van der Waals surface area contributed by atoms with Gasteiger partial charge in [-0.05, 0) is 61.7 Å². The Morgan fingerprint density at radius 1 is 0.833 bits per heavy atom. The van der Waals surface area contributed by atoms with Crippen molar-refractivity contribution in [2.45, 2.75) is 80.4 Å². The van der Waals surface area contributed by atoms with E-state index in [0.29, 0.717) is 42.7 Å². The zero-order valence-electron chi connectivity index (χ0n) is 27.8. The van der Waals surface area contributed by atoms with Crippen molar-refractivity contribution in [3.05, 3.63) is 82.9 Å². The topological polar surface area (TPSA) is 108 Å². The standard InChI is InChI=1S/C27H25F4NO5.C9H16O2/c1-4-16-5-6-17(25(37-26(30)31)23(16)24(33)15(2)3)14-35-27(34)32-18-7-9-19(10-8-18)36-20-11-12-21(28)22(29)13-20;1-4-9(11)6-5-7(2)8(3)10/h5-13,15,26H,4,14H2,1-3H3,(H,32,34);7H,4-6H2,1-3H3. The largest absolute Gasteiger partial charge is 0.457 e. The van der Waals surface area contributed by atoms with E-state index < -0.39 is 36.9 Å². The molecular formula is C36H41F4NO7. The van der Waals surface area contributed by atoms with E-state index in [1.165, 1.54) is 36.4 Å². The van der Waals surface area contributed by atoms with Gasteiger partial charge in [0.25, 0.3) is 0 Å². The molecule has 0 bridgehead atoms. The van der Waals surface area contributed by atoms with E-state index in [4.69, 9.17) is 14.2 Å². The molecule has 0 spiro atoms. The number of aryl methyl sites for hydroxylation is 1. The highest BCUT2D eigenvalue weighted by molar-refractivity contribution is 6.01. The molecular weight excluding hydrogens is 634 g/mol. The average molecular weight is 676 g/mol. The van der Waals surface area contributed by atoms with Crippen LogP contribution in [0.4, 0.5) is 28.0 Å². The van der Waals surface area contributed by atoms with Crippen LogP contribution in [0.3, 0.4) is 0 Å². The van der Waals surface area contributed by atoms with Gasteiger partial charge in [0.2, 0.25) is 0 Å². The molecule has 0 aliphatic carbocycles. The lowest BCUT2D eigenvalue weighted by atomic mass is 9.92. The van der Waals surface area contributed by atoms with Crippen molar-refractivity contribution in [1.29, 1.82) is 0 Å². The summed E-state index contributed by atoms with van der Waals surface area (Å²) in [4.78, 5) is 46.6. The first-order valence-electron chi connectivity index (χ1n) is 15.5. The minimum atomic E-state index is -3.18. The van der Waals surface area contributed by atoms with E-state index in [0.717, 1.165) is 12.1 Å². The highest BCUT2D eigenvalue weighted by Gasteiger charge is 2.25. The quantitative estimate of drug-likeness (QED) is 0.126. The lowest BCUT2D eigenvalue weighted by Crippen LogP contribution is -2.18. The number of hydrogen-bond acceptors (Lipinski definition) is 7. The molecule has 0 saturated carbocycles. The number of benzene rings is 3. The van der Waals surface area contributed by atoms with Crippen LogP contribution in [0.2, 0.25) is 0 Å². The molecule has 3 rings (SSSR count). The van der Waals surface area contributed by atoms with E-state index in [1.54, 1.807) is 33.8 Å². The van der Waals surface area contributed by atoms with Crippen LogP contribution in [0.1, 0.15) is 82.3 Å². The minimum absolute atomic E-state index is 0.0468. The van der Waals surface area contributed by atoms with Crippen molar-refractivity contribution < 1.29 is 51.0 Å². The first-order chi connectivity index (χ1) is 22.7. The predicted octanol–water partition coefficient (Wildman–Crippen LogP) is 9.48. The Balaban J connectivity index is 0.000000623. The third-order valence-corrected chi connectivity index (χ3v) is 7.21. The number of amides is 1. The maximum atomic E-state index is 13.3. The van der Waals surface area contributed by atoms with Crippen LogP contribution >= 0.6 is 0 Å². The van der Waals surface area contributed by atoms with Crippen molar-refractivity contribution in [2.75, 3.05) is 5.32 Å². The summed E-state index contributed by atoms with van der Waals surface area (Å²) < 4.78 is 68.0. The van der Waals surface area contributed by atoms with Crippen LogP contribution in [0.25, 0.3) is 0 Å². The Kier molecular flexibility index (Phi) is 15.8. The Morgan fingerprint density at radius 2 is 1.46 bits per heavy atom. The van der Waals surface area contributed by atoms with Gasteiger partial charge >= 0.3 is 12.7 Å². The molecule has 260 valence electrons. The summed E-state index contributed by atoms with van der Waals surface area (Å²) in [7, 11) is 0. The molecule has 3 aromatic rings. The second kappa shape index (κ2) is 19.2. The fraction of sp³-hybridized carbons (Fsp3) is 0.389. The summed E-state index contributed by atoms with van der Waals surface area (Å²) in [5.41, 5.74) is 1.04. The van der Waals surface area contributed by atoms with Gasteiger partial charge in [-0.2, -0.15) is 8.78 Å². The number of Topliss-reactive ketones (excluding diaryl/α,β-unsaturated/α-hetero) is 3. The summed E-state index contributed by atoms with van der Waals surface area (Å²) in [5, 5.41) is 2.48. The smallest absolute Gasteiger partial charge is 0.411 e. The van der Waals surface area contributed by atoms with Crippen molar-refractivity contribution in [1.82, 2.24) is 0 Å². The highest BCUT2D eigenvalue weighted by Crippen LogP contribution is 2.32. The SMILES string of the molecule is CCC(=O)CCC(C)C(C)=O.CCc1ccc(COC(=O)Nc2ccc(Oc3ccc(F)c(F)c3)cc2)c(OC(F)F)c1C(=O)C(C)C. The van der Waals surface area contributed by atoms with Gasteiger partial charge in [-0.15, -0.1) is 0 Å². The zero-order valence-corrected chi connectivity index (χ0v) is 27.8. The van der Waals surface area contributed by atoms with Crippen molar-refractivity contribution in [2.24, 2.45) is 11.8 Å². The van der Waals surface area contributed by atoms with Gasteiger partial charge in [-0.3, -0.25) is 19.7 Å².